The number of ether oxygens (including phenoxy) is 1. The number of likely N-dealkylation sites (tertiary alicyclic amines) is 1. The minimum Gasteiger partial charge on any atom is -0.488 e. The van der Waals surface area contributed by atoms with Crippen LogP contribution in [0.3, 0.4) is 0 Å². The van der Waals surface area contributed by atoms with Gasteiger partial charge in [0.1, 0.15) is 10.6 Å². The zero-order valence-corrected chi connectivity index (χ0v) is 26.3. The summed E-state index contributed by atoms with van der Waals surface area (Å²) in [5.74, 6) is 6.89. The molecule has 1 aliphatic heterocycles. The van der Waals surface area contributed by atoms with Crippen molar-refractivity contribution in [1.29, 1.82) is 0 Å². The second-order valence-corrected chi connectivity index (χ2v) is 14.5. The monoisotopic (exact) mass is 591 g/mol. The van der Waals surface area contributed by atoms with E-state index >= 15 is 0 Å². The Kier molecular flexibility index (Phi) is 9.59. The maximum Gasteiger partial charge on any atom is 0.348 e. The van der Waals surface area contributed by atoms with Gasteiger partial charge in [0.2, 0.25) is 5.91 Å². The lowest BCUT2D eigenvalue weighted by Crippen LogP contribution is -2.47. The molecule has 2 aromatic rings. The van der Waals surface area contributed by atoms with E-state index < -0.39 is 5.97 Å². The summed E-state index contributed by atoms with van der Waals surface area (Å²) in [5.41, 5.74) is 1.48. The number of carbonyl (C=O) groups is 2. The van der Waals surface area contributed by atoms with Crippen molar-refractivity contribution in [3.63, 3.8) is 0 Å². The van der Waals surface area contributed by atoms with Crippen molar-refractivity contribution in [3.05, 3.63) is 39.8 Å². The molecule has 0 aromatic carbocycles. The summed E-state index contributed by atoms with van der Waals surface area (Å²) >= 11 is 1.18. The van der Waals surface area contributed by atoms with Crippen LogP contribution in [0.2, 0.25) is 0 Å². The third kappa shape index (κ3) is 7.54. The van der Waals surface area contributed by atoms with Crippen LogP contribution in [0.1, 0.15) is 106 Å². The third-order valence-electron chi connectivity index (χ3n) is 8.84. The average molecular weight is 592 g/mol. The van der Waals surface area contributed by atoms with Gasteiger partial charge in [-0.05, 0) is 110 Å². The number of carboxylic acids is 1. The number of hydrogen-bond donors (Lipinski definition) is 1. The van der Waals surface area contributed by atoms with E-state index in [2.05, 4.69) is 34.7 Å². The van der Waals surface area contributed by atoms with E-state index in [0.717, 1.165) is 76.8 Å². The lowest BCUT2D eigenvalue weighted by molar-refractivity contribution is -0.124. The zero-order valence-electron chi connectivity index (χ0n) is 25.5. The van der Waals surface area contributed by atoms with Crippen molar-refractivity contribution in [3.8, 4) is 17.6 Å². The standard InChI is InChI=1S/C34H45N3O4S/c1-23-6-8-24(9-7-23)32(38)37(29-20-28(14-16-34(2,3)4)42-31(29)33(39)40)26-10-12-27(13-11-26)41-30-21-35-17-15-25(30)22-36-18-5-19-36/h15,17,20-21,23-24,26-27H,5-13,18-19,22H2,1-4H3,(H,39,40)/t23-,24-,26-,27-. The summed E-state index contributed by atoms with van der Waals surface area (Å²) in [7, 11) is 0. The topological polar surface area (TPSA) is 83.0 Å². The quantitative estimate of drug-likeness (QED) is 0.333. The minimum absolute atomic E-state index is 0.0442. The van der Waals surface area contributed by atoms with Gasteiger partial charge in [-0.2, -0.15) is 0 Å². The Morgan fingerprint density at radius 3 is 2.45 bits per heavy atom. The molecule has 2 aromatic heterocycles. The Labute approximate surface area is 254 Å². The van der Waals surface area contributed by atoms with E-state index in [1.807, 2.05) is 44.1 Å². The maximum absolute atomic E-state index is 14.2. The fourth-order valence-electron chi connectivity index (χ4n) is 6.25. The number of pyridine rings is 1. The van der Waals surface area contributed by atoms with Gasteiger partial charge in [0, 0.05) is 35.7 Å². The van der Waals surface area contributed by atoms with Gasteiger partial charge in [0.25, 0.3) is 0 Å². The Morgan fingerprint density at radius 1 is 1.12 bits per heavy atom. The highest BCUT2D eigenvalue weighted by Crippen LogP contribution is 2.39. The number of amides is 1. The van der Waals surface area contributed by atoms with E-state index in [1.54, 1.807) is 0 Å². The molecule has 1 saturated heterocycles. The molecule has 5 rings (SSSR count). The van der Waals surface area contributed by atoms with Crippen LogP contribution in [0.25, 0.3) is 0 Å². The number of aromatic nitrogens is 1. The fraction of sp³-hybridized carbons (Fsp3) is 0.618. The number of hydrogen-bond acceptors (Lipinski definition) is 6. The summed E-state index contributed by atoms with van der Waals surface area (Å²) in [6, 6.07) is 3.83. The second kappa shape index (κ2) is 13.2. The lowest BCUT2D eigenvalue weighted by atomic mass is 9.81. The molecule has 3 heterocycles. The second-order valence-electron chi connectivity index (χ2n) is 13.5. The van der Waals surface area contributed by atoms with Crippen LogP contribution < -0.4 is 9.64 Å². The summed E-state index contributed by atoms with van der Waals surface area (Å²) in [5, 5.41) is 10.2. The maximum atomic E-state index is 14.2. The van der Waals surface area contributed by atoms with Gasteiger partial charge in [0.05, 0.1) is 22.9 Å². The molecule has 0 atom stereocenters. The van der Waals surface area contributed by atoms with Crippen molar-refractivity contribution in [1.82, 2.24) is 9.88 Å². The number of carbonyl (C=O) groups excluding carboxylic acids is 1. The van der Waals surface area contributed by atoms with Crippen LogP contribution in [-0.4, -0.2) is 52.1 Å². The summed E-state index contributed by atoms with van der Waals surface area (Å²) in [6.45, 7) is 11.5. The van der Waals surface area contributed by atoms with Crippen LogP contribution in [0, 0.1) is 29.1 Å². The van der Waals surface area contributed by atoms with Gasteiger partial charge >= 0.3 is 5.97 Å². The van der Waals surface area contributed by atoms with Crippen molar-refractivity contribution in [2.45, 2.75) is 104 Å². The smallest absolute Gasteiger partial charge is 0.348 e. The Morgan fingerprint density at radius 2 is 1.83 bits per heavy atom. The van der Waals surface area contributed by atoms with Crippen LogP contribution in [0.5, 0.6) is 5.75 Å². The fourth-order valence-corrected chi connectivity index (χ4v) is 7.09. The van der Waals surface area contributed by atoms with E-state index in [-0.39, 0.29) is 34.3 Å². The molecule has 1 N–H and O–H groups in total. The first-order valence-corrected chi connectivity index (χ1v) is 16.4. The number of thiophene rings is 1. The van der Waals surface area contributed by atoms with Crippen molar-refractivity contribution < 1.29 is 19.4 Å². The van der Waals surface area contributed by atoms with E-state index in [1.165, 1.54) is 23.3 Å². The molecule has 1 amide bonds. The Hall–Kier alpha value is -2.89. The largest absolute Gasteiger partial charge is 0.488 e. The first-order valence-electron chi connectivity index (χ1n) is 15.6. The van der Waals surface area contributed by atoms with Crippen molar-refractivity contribution in [2.24, 2.45) is 17.3 Å². The van der Waals surface area contributed by atoms with E-state index in [0.29, 0.717) is 16.5 Å². The van der Waals surface area contributed by atoms with Gasteiger partial charge < -0.3 is 14.7 Å². The van der Waals surface area contributed by atoms with Crippen LogP contribution in [0.4, 0.5) is 5.69 Å². The molecule has 8 heteroatoms. The molecule has 0 spiro atoms. The molecule has 2 aliphatic carbocycles. The first-order chi connectivity index (χ1) is 20.1. The predicted molar refractivity (Wildman–Crippen MR) is 167 cm³/mol. The number of anilines is 1. The molecule has 0 bridgehead atoms. The van der Waals surface area contributed by atoms with E-state index in [9.17, 15) is 14.7 Å². The molecular formula is C34H45N3O4S. The number of nitrogens with zero attached hydrogens (tertiary/aromatic N) is 3. The summed E-state index contributed by atoms with van der Waals surface area (Å²) in [6.07, 6.45) is 11.9. The first kappa shape index (κ1) is 30.6. The van der Waals surface area contributed by atoms with Gasteiger partial charge in [-0.1, -0.05) is 18.8 Å². The highest BCUT2D eigenvalue weighted by atomic mass is 32.1. The molecule has 0 radical (unpaired) electrons. The molecule has 3 fully saturated rings. The molecule has 42 heavy (non-hydrogen) atoms. The number of rotatable bonds is 8. The zero-order chi connectivity index (χ0) is 29.9. The molecular weight excluding hydrogens is 546 g/mol. The van der Waals surface area contributed by atoms with E-state index in [4.69, 9.17) is 4.74 Å². The Balaban J connectivity index is 1.36. The molecule has 7 nitrogen and oxygen atoms in total. The normalized spacial score (nSPS) is 24.7. The molecule has 0 unspecified atom stereocenters. The van der Waals surface area contributed by atoms with Gasteiger partial charge in [-0.25, -0.2) is 4.79 Å². The SMILES string of the molecule is CC(C)(C)C#Cc1cc(N(C(=O)[C@H]2CC[C@H](C)CC2)[C@H]2CC[C@H](Oc3cnccc3CN3CCC3)CC2)c(C(=O)O)s1. The van der Waals surface area contributed by atoms with Crippen molar-refractivity contribution in [2.75, 3.05) is 18.0 Å². The van der Waals surface area contributed by atoms with Crippen LogP contribution in [-0.2, 0) is 11.3 Å². The highest BCUT2D eigenvalue weighted by Gasteiger charge is 2.38. The third-order valence-corrected chi connectivity index (χ3v) is 9.87. The lowest BCUT2D eigenvalue weighted by Gasteiger charge is -2.39. The molecule has 2 saturated carbocycles. The summed E-state index contributed by atoms with van der Waals surface area (Å²) < 4.78 is 6.51. The minimum atomic E-state index is -1.00. The van der Waals surface area contributed by atoms with Gasteiger partial charge in [0.15, 0.2) is 0 Å². The van der Waals surface area contributed by atoms with Gasteiger partial charge in [-0.15, -0.1) is 11.3 Å². The molecule has 3 aliphatic rings. The summed E-state index contributed by atoms with van der Waals surface area (Å²) in [4.78, 5) is 36.2. The van der Waals surface area contributed by atoms with Crippen molar-refractivity contribution >= 4 is 28.9 Å². The van der Waals surface area contributed by atoms with Crippen LogP contribution >= 0.6 is 11.3 Å². The molecule has 226 valence electrons. The van der Waals surface area contributed by atoms with Crippen LogP contribution in [0.15, 0.2) is 24.5 Å². The number of carboxylic acid groups (broad SMARTS) is 1. The Bertz CT molecular complexity index is 1320. The predicted octanol–water partition coefficient (Wildman–Crippen LogP) is 6.99. The number of aromatic carboxylic acids is 1. The van der Waals surface area contributed by atoms with Gasteiger partial charge in [-0.3, -0.25) is 14.7 Å². The average Bonchev–Trinajstić information content (AvgIpc) is 3.36. The highest BCUT2D eigenvalue weighted by molar-refractivity contribution is 7.15.